The van der Waals surface area contributed by atoms with Crippen LogP contribution in [0.15, 0.2) is 24.3 Å². The number of amides is 1. The third-order valence-corrected chi connectivity index (χ3v) is 9.06. The van der Waals surface area contributed by atoms with Crippen LogP contribution in [0, 0.1) is 23.6 Å². The average Bonchev–Trinajstić information content (AvgIpc) is 2.92. The van der Waals surface area contributed by atoms with Crippen LogP contribution in [0.25, 0.3) is 0 Å². The van der Waals surface area contributed by atoms with Crippen molar-refractivity contribution in [2.45, 2.75) is 95.6 Å². The zero-order valence-corrected chi connectivity index (χ0v) is 22.1. The molecule has 4 rings (SSSR count). The number of halogens is 1. The molecule has 200 valence electrons. The van der Waals surface area contributed by atoms with Gasteiger partial charge < -0.3 is 15.0 Å². The number of benzene rings is 1. The second kappa shape index (κ2) is 13.7. The Bertz CT molecular complexity index is 821. The monoisotopic (exact) mass is 500 g/mol. The van der Waals surface area contributed by atoms with Crippen molar-refractivity contribution in [2.75, 3.05) is 26.7 Å². The predicted octanol–water partition coefficient (Wildman–Crippen LogP) is 5.77. The molecule has 5 nitrogen and oxygen atoms in total. The number of nitrogens with zero attached hydrogens (tertiary/aromatic N) is 1. The molecule has 1 amide bonds. The molecule has 2 aliphatic carbocycles. The fourth-order valence-corrected chi connectivity index (χ4v) is 6.52. The number of Topliss-reactive ketones (excluding diaryl/α,β-unsaturated/α-hetero) is 1. The van der Waals surface area contributed by atoms with Crippen LogP contribution in [0.1, 0.15) is 93.8 Å². The molecule has 0 radical (unpaired) electrons. The Morgan fingerprint density at radius 2 is 1.50 bits per heavy atom. The Balaban J connectivity index is 1.06. The molecule has 1 saturated heterocycles. The summed E-state index contributed by atoms with van der Waals surface area (Å²) in [5.41, 5.74) is 0.632. The van der Waals surface area contributed by atoms with Gasteiger partial charge in [-0.15, -0.1) is 0 Å². The molecule has 36 heavy (non-hydrogen) atoms. The van der Waals surface area contributed by atoms with Crippen molar-refractivity contribution >= 4 is 11.7 Å². The van der Waals surface area contributed by atoms with Gasteiger partial charge in [-0.3, -0.25) is 9.59 Å². The van der Waals surface area contributed by atoms with E-state index in [-0.39, 0.29) is 23.4 Å². The molecule has 0 spiro atoms. The summed E-state index contributed by atoms with van der Waals surface area (Å²) in [7, 11) is 1.80. The number of rotatable bonds is 10. The van der Waals surface area contributed by atoms with E-state index < -0.39 is 0 Å². The molecule has 0 unspecified atom stereocenters. The van der Waals surface area contributed by atoms with Crippen LogP contribution in [0.5, 0.6) is 0 Å². The van der Waals surface area contributed by atoms with E-state index in [0.717, 1.165) is 70.5 Å². The number of carbonyl (C=O) groups excluding carboxylic acids is 2. The number of carbonyl (C=O) groups is 2. The van der Waals surface area contributed by atoms with Gasteiger partial charge >= 0.3 is 0 Å². The topological polar surface area (TPSA) is 58.6 Å². The highest BCUT2D eigenvalue weighted by molar-refractivity contribution is 5.97. The highest BCUT2D eigenvalue weighted by Gasteiger charge is 2.28. The van der Waals surface area contributed by atoms with Crippen molar-refractivity contribution in [2.24, 2.45) is 17.8 Å². The Morgan fingerprint density at radius 3 is 2.14 bits per heavy atom. The normalized spacial score (nSPS) is 28.1. The van der Waals surface area contributed by atoms with Crippen molar-refractivity contribution < 1.29 is 18.7 Å². The van der Waals surface area contributed by atoms with Crippen molar-refractivity contribution in [3.8, 4) is 0 Å². The second-order valence-electron chi connectivity index (χ2n) is 11.5. The summed E-state index contributed by atoms with van der Waals surface area (Å²) in [4.78, 5) is 27.7. The summed E-state index contributed by atoms with van der Waals surface area (Å²) in [5.74, 6) is 1.59. The highest BCUT2D eigenvalue weighted by atomic mass is 19.1. The van der Waals surface area contributed by atoms with E-state index in [1.807, 2.05) is 0 Å². The van der Waals surface area contributed by atoms with Crippen LogP contribution in [0.2, 0.25) is 0 Å². The Hall–Kier alpha value is -1.79. The number of likely N-dealkylation sites (tertiary alicyclic amines) is 1. The van der Waals surface area contributed by atoms with Gasteiger partial charge in [-0.2, -0.15) is 0 Å². The first-order valence-electron chi connectivity index (χ1n) is 14.3. The molecule has 2 saturated carbocycles. The molecule has 1 heterocycles. The minimum Gasteiger partial charge on any atom is -0.381 e. The van der Waals surface area contributed by atoms with E-state index in [4.69, 9.17) is 4.74 Å². The smallest absolute Gasteiger partial charge is 0.220 e. The second-order valence-corrected chi connectivity index (χ2v) is 11.5. The maximum atomic E-state index is 13.1. The minimum atomic E-state index is -0.297. The quantitative estimate of drug-likeness (QED) is 0.414. The van der Waals surface area contributed by atoms with E-state index in [1.165, 1.54) is 44.2 Å². The molecular weight excluding hydrogens is 455 g/mol. The van der Waals surface area contributed by atoms with Gasteiger partial charge in [0.25, 0.3) is 0 Å². The molecule has 6 heteroatoms. The first kappa shape index (κ1) is 27.3. The summed E-state index contributed by atoms with van der Waals surface area (Å²) in [6.07, 6.45) is 14.4. The third kappa shape index (κ3) is 8.11. The highest BCUT2D eigenvalue weighted by Crippen LogP contribution is 2.30. The van der Waals surface area contributed by atoms with Gasteiger partial charge in [-0.05, 0) is 133 Å². The molecule has 1 aromatic carbocycles. The first-order chi connectivity index (χ1) is 17.5. The first-order valence-corrected chi connectivity index (χ1v) is 14.3. The molecule has 1 N–H and O–H groups in total. The van der Waals surface area contributed by atoms with Crippen LogP contribution in [0.4, 0.5) is 4.39 Å². The minimum absolute atomic E-state index is 0.0612. The Kier molecular flexibility index (Phi) is 10.3. The molecule has 3 aliphatic rings. The zero-order valence-electron chi connectivity index (χ0n) is 22.1. The number of piperidine rings is 1. The zero-order chi connectivity index (χ0) is 25.3. The Morgan fingerprint density at radius 1 is 0.889 bits per heavy atom. The molecular formula is C30H45FN2O3. The van der Waals surface area contributed by atoms with Crippen molar-refractivity contribution in [1.29, 1.82) is 0 Å². The lowest BCUT2D eigenvalue weighted by Crippen LogP contribution is -2.39. The largest absolute Gasteiger partial charge is 0.381 e. The van der Waals surface area contributed by atoms with Gasteiger partial charge in [0.15, 0.2) is 5.78 Å². The van der Waals surface area contributed by atoms with E-state index in [2.05, 4.69) is 10.2 Å². The summed E-state index contributed by atoms with van der Waals surface area (Å²) in [6, 6.07) is 6.31. The van der Waals surface area contributed by atoms with Gasteiger partial charge in [-0.1, -0.05) is 0 Å². The van der Waals surface area contributed by atoms with Crippen LogP contribution >= 0.6 is 0 Å². The lowest BCUT2D eigenvalue weighted by molar-refractivity contribution is -0.122. The molecule has 3 fully saturated rings. The molecule has 0 bridgehead atoms. The van der Waals surface area contributed by atoms with Crippen molar-refractivity contribution in [3.63, 3.8) is 0 Å². The van der Waals surface area contributed by atoms with Gasteiger partial charge in [0.1, 0.15) is 5.82 Å². The van der Waals surface area contributed by atoms with Crippen molar-refractivity contribution in [3.05, 3.63) is 35.6 Å². The van der Waals surface area contributed by atoms with E-state index in [9.17, 15) is 14.0 Å². The lowest BCUT2D eigenvalue weighted by Gasteiger charge is -2.34. The number of ether oxygens (including phenoxy) is 1. The number of nitrogens with one attached hydrogen (secondary N) is 1. The van der Waals surface area contributed by atoms with E-state index >= 15 is 0 Å². The number of hydrogen-bond acceptors (Lipinski definition) is 4. The van der Waals surface area contributed by atoms with Crippen LogP contribution in [0.3, 0.4) is 0 Å². The molecule has 0 atom stereocenters. The van der Waals surface area contributed by atoms with Crippen molar-refractivity contribution in [1.82, 2.24) is 10.2 Å². The maximum absolute atomic E-state index is 13.1. The summed E-state index contributed by atoms with van der Waals surface area (Å²) in [5, 5.41) is 3.31. The third-order valence-electron chi connectivity index (χ3n) is 9.06. The molecule has 1 aliphatic heterocycles. The fourth-order valence-electron chi connectivity index (χ4n) is 6.52. The van der Waals surface area contributed by atoms with E-state index in [0.29, 0.717) is 30.0 Å². The van der Waals surface area contributed by atoms with E-state index in [1.54, 1.807) is 19.2 Å². The van der Waals surface area contributed by atoms with Crippen LogP contribution < -0.4 is 5.32 Å². The van der Waals surface area contributed by atoms with Gasteiger partial charge in [0.05, 0.1) is 6.10 Å². The SMILES string of the molecule is COC1CCC(CCC(=O)NC2CCC(CCN3CCC(C(=O)c4ccc(F)cc4)CC3)CC2)CC1. The number of hydrogen-bond donors (Lipinski definition) is 1. The van der Waals surface area contributed by atoms with Crippen LogP contribution in [-0.2, 0) is 9.53 Å². The number of ketones is 1. The average molecular weight is 501 g/mol. The van der Waals surface area contributed by atoms with Crippen LogP contribution in [-0.4, -0.2) is 55.5 Å². The van der Waals surface area contributed by atoms with Gasteiger partial charge in [-0.25, -0.2) is 4.39 Å². The summed E-state index contributed by atoms with van der Waals surface area (Å²) < 4.78 is 18.6. The standard InChI is InChI=1S/C30H45FN2O3/c1-36-28-13-4-22(5-14-28)6-15-29(34)32-27-11-2-23(3-12-27)16-19-33-20-17-25(18-21-33)30(35)24-7-9-26(31)10-8-24/h7-10,22-23,25,27-28H,2-6,11-21H2,1H3,(H,32,34). The van der Waals surface area contributed by atoms with Gasteiger partial charge in [0, 0.05) is 31.1 Å². The lowest BCUT2D eigenvalue weighted by atomic mass is 9.83. The summed E-state index contributed by atoms with van der Waals surface area (Å²) in [6.45, 7) is 3.04. The molecule has 1 aromatic rings. The maximum Gasteiger partial charge on any atom is 0.220 e. The van der Waals surface area contributed by atoms with Gasteiger partial charge in [0.2, 0.25) is 5.91 Å². The predicted molar refractivity (Wildman–Crippen MR) is 140 cm³/mol. The Labute approximate surface area is 216 Å². The summed E-state index contributed by atoms with van der Waals surface area (Å²) >= 11 is 0. The number of methoxy groups -OCH3 is 1. The fraction of sp³-hybridized carbons (Fsp3) is 0.733. The molecule has 0 aromatic heterocycles.